The first-order valence-corrected chi connectivity index (χ1v) is 9.16. The molecule has 0 amide bonds. The Morgan fingerprint density at radius 3 is 2.31 bits per heavy atom. The Morgan fingerprint density at radius 1 is 0.885 bits per heavy atom. The first-order valence-electron chi connectivity index (χ1n) is 8.36. The molecule has 0 fully saturated rings. The summed E-state index contributed by atoms with van der Waals surface area (Å²) in [7, 11) is 0. The van der Waals surface area contributed by atoms with Crippen molar-refractivity contribution >= 4 is 32.5 Å². The Hall–Kier alpha value is -2.85. The van der Waals surface area contributed by atoms with E-state index in [4.69, 9.17) is 0 Å². The number of aromatic hydroxyl groups is 1. The third kappa shape index (κ3) is 3.16. The zero-order valence-electron chi connectivity index (χ0n) is 13.9. The van der Waals surface area contributed by atoms with Crippen LogP contribution in [0.1, 0.15) is 17.2 Å². The monoisotopic (exact) mass is 404 g/mol. The molecule has 0 bridgehead atoms. The molecule has 0 aliphatic carbocycles. The van der Waals surface area contributed by atoms with Gasteiger partial charge in [-0.3, -0.25) is 4.98 Å². The highest BCUT2D eigenvalue weighted by molar-refractivity contribution is 9.10. The summed E-state index contributed by atoms with van der Waals surface area (Å²) in [6.45, 7) is 0. The van der Waals surface area contributed by atoms with Gasteiger partial charge in [0.05, 0.1) is 6.04 Å². The largest absolute Gasteiger partial charge is 0.505 e. The Balaban J connectivity index is 1.89. The summed E-state index contributed by atoms with van der Waals surface area (Å²) in [6.07, 6.45) is 1.69. The molecule has 0 saturated heterocycles. The molecule has 1 aromatic heterocycles. The average Bonchev–Trinajstić information content (AvgIpc) is 2.71. The number of rotatable bonds is 4. The smallest absolute Gasteiger partial charge is 0.147 e. The van der Waals surface area contributed by atoms with E-state index in [1.807, 2.05) is 66.7 Å². The second kappa shape index (κ2) is 7.18. The minimum absolute atomic E-state index is 0.195. The van der Waals surface area contributed by atoms with Crippen molar-refractivity contribution in [1.82, 2.24) is 4.98 Å². The summed E-state index contributed by atoms with van der Waals surface area (Å²) in [5.74, 6) is 0.195. The molecular weight excluding hydrogens is 388 g/mol. The SMILES string of the molecule is Oc1c(C(Nc2ccccc2)c2ccccc2)cc(Br)c2cccnc12. The Bertz CT molecular complexity index is 1040. The number of pyridine rings is 1. The Kier molecular flexibility index (Phi) is 4.59. The van der Waals surface area contributed by atoms with E-state index in [0.29, 0.717) is 5.52 Å². The highest BCUT2D eigenvalue weighted by Crippen LogP contribution is 2.39. The molecule has 2 N–H and O–H groups in total. The van der Waals surface area contributed by atoms with Crippen molar-refractivity contribution in [1.29, 1.82) is 0 Å². The molecule has 3 aromatic carbocycles. The lowest BCUT2D eigenvalue weighted by Gasteiger charge is -2.23. The molecule has 0 saturated carbocycles. The van der Waals surface area contributed by atoms with Crippen LogP contribution in [0.2, 0.25) is 0 Å². The van der Waals surface area contributed by atoms with Crippen LogP contribution in [0.25, 0.3) is 10.9 Å². The summed E-state index contributed by atoms with van der Waals surface area (Å²) in [4.78, 5) is 4.38. The van der Waals surface area contributed by atoms with E-state index >= 15 is 0 Å². The van der Waals surface area contributed by atoms with Crippen LogP contribution in [-0.4, -0.2) is 10.1 Å². The van der Waals surface area contributed by atoms with Crippen LogP contribution < -0.4 is 5.32 Å². The molecule has 1 heterocycles. The maximum absolute atomic E-state index is 11.0. The van der Waals surface area contributed by atoms with Gasteiger partial charge in [-0.1, -0.05) is 70.5 Å². The number of hydrogen-bond donors (Lipinski definition) is 2. The lowest BCUT2D eigenvalue weighted by molar-refractivity contribution is 0.471. The molecule has 4 aromatic rings. The summed E-state index contributed by atoms with van der Waals surface area (Å²) in [5, 5.41) is 15.4. The molecule has 0 spiro atoms. The number of benzene rings is 3. The van der Waals surface area contributed by atoms with Crippen molar-refractivity contribution in [3.05, 3.63) is 101 Å². The lowest BCUT2D eigenvalue weighted by atomic mass is 9.96. The standard InChI is InChI=1S/C22H17BrN2O/c23-19-14-18(22(26)21-17(19)12-7-13-24-21)20(15-8-3-1-4-9-15)25-16-10-5-2-6-11-16/h1-14,20,25-26H. The van der Waals surface area contributed by atoms with Gasteiger partial charge in [0.15, 0.2) is 0 Å². The van der Waals surface area contributed by atoms with E-state index in [1.54, 1.807) is 6.20 Å². The van der Waals surface area contributed by atoms with Gasteiger partial charge in [-0.05, 0) is 29.8 Å². The molecular formula is C22H17BrN2O. The fourth-order valence-corrected chi connectivity index (χ4v) is 3.68. The molecule has 4 heteroatoms. The zero-order chi connectivity index (χ0) is 17.9. The van der Waals surface area contributed by atoms with Gasteiger partial charge in [0.1, 0.15) is 11.3 Å². The minimum atomic E-state index is -0.207. The topological polar surface area (TPSA) is 45.1 Å². The predicted molar refractivity (Wildman–Crippen MR) is 109 cm³/mol. The van der Waals surface area contributed by atoms with Gasteiger partial charge in [0.25, 0.3) is 0 Å². The second-order valence-electron chi connectivity index (χ2n) is 6.05. The van der Waals surface area contributed by atoms with Crippen molar-refractivity contribution in [2.45, 2.75) is 6.04 Å². The van der Waals surface area contributed by atoms with Crippen molar-refractivity contribution in [3.63, 3.8) is 0 Å². The van der Waals surface area contributed by atoms with Crippen LogP contribution in [0.15, 0.2) is 89.5 Å². The van der Waals surface area contributed by atoms with Gasteiger partial charge in [-0.2, -0.15) is 0 Å². The molecule has 26 heavy (non-hydrogen) atoms. The van der Waals surface area contributed by atoms with Gasteiger partial charge in [0.2, 0.25) is 0 Å². The third-order valence-corrected chi connectivity index (χ3v) is 5.03. The number of nitrogens with zero attached hydrogens (tertiary/aromatic N) is 1. The minimum Gasteiger partial charge on any atom is -0.505 e. The van der Waals surface area contributed by atoms with Gasteiger partial charge in [-0.15, -0.1) is 0 Å². The number of anilines is 1. The predicted octanol–water partition coefficient (Wildman–Crippen LogP) is 5.90. The van der Waals surface area contributed by atoms with E-state index < -0.39 is 0 Å². The Morgan fingerprint density at radius 2 is 1.58 bits per heavy atom. The first kappa shape index (κ1) is 16.6. The quantitative estimate of drug-likeness (QED) is 0.444. The van der Waals surface area contributed by atoms with E-state index in [2.05, 4.69) is 38.4 Å². The lowest BCUT2D eigenvalue weighted by Crippen LogP contribution is -2.13. The number of hydrogen-bond acceptors (Lipinski definition) is 3. The Labute approximate surface area is 160 Å². The molecule has 1 atom stereocenters. The molecule has 0 aliphatic rings. The highest BCUT2D eigenvalue weighted by Gasteiger charge is 2.21. The number of aromatic nitrogens is 1. The average molecular weight is 405 g/mol. The first-order chi connectivity index (χ1) is 12.7. The normalized spacial score (nSPS) is 12.0. The number of phenols is 1. The molecule has 3 nitrogen and oxygen atoms in total. The fourth-order valence-electron chi connectivity index (χ4n) is 3.11. The maximum Gasteiger partial charge on any atom is 0.147 e. The number of halogens is 1. The van der Waals surface area contributed by atoms with Crippen LogP contribution >= 0.6 is 15.9 Å². The van der Waals surface area contributed by atoms with Gasteiger partial charge in [0, 0.05) is 27.3 Å². The fraction of sp³-hybridized carbons (Fsp3) is 0.0455. The molecule has 1 unspecified atom stereocenters. The molecule has 0 radical (unpaired) electrons. The highest BCUT2D eigenvalue weighted by atomic mass is 79.9. The maximum atomic E-state index is 11.0. The zero-order valence-corrected chi connectivity index (χ0v) is 15.5. The number of nitrogens with one attached hydrogen (secondary N) is 1. The number of para-hydroxylation sites is 1. The van der Waals surface area contributed by atoms with Gasteiger partial charge >= 0.3 is 0 Å². The van der Waals surface area contributed by atoms with E-state index in [0.717, 1.165) is 26.7 Å². The van der Waals surface area contributed by atoms with Crippen LogP contribution in [0, 0.1) is 0 Å². The van der Waals surface area contributed by atoms with Gasteiger partial charge < -0.3 is 10.4 Å². The van der Waals surface area contributed by atoms with E-state index in [9.17, 15) is 5.11 Å². The van der Waals surface area contributed by atoms with Crippen LogP contribution in [0.5, 0.6) is 5.75 Å². The van der Waals surface area contributed by atoms with Crippen molar-refractivity contribution in [2.24, 2.45) is 0 Å². The summed E-state index contributed by atoms with van der Waals surface area (Å²) in [6, 6.07) is 25.6. The van der Waals surface area contributed by atoms with Crippen molar-refractivity contribution in [3.8, 4) is 5.75 Å². The summed E-state index contributed by atoms with van der Waals surface area (Å²) >= 11 is 3.63. The van der Waals surface area contributed by atoms with Crippen LogP contribution in [0.4, 0.5) is 5.69 Å². The van der Waals surface area contributed by atoms with Crippen LogP contribution in [-0.2, 0) is 0 Å². The summed E-state index contributed by atoms with van der Waals surface area (Å²) in [5.41, 5.74) is 3.41. The summed E-state index contributed by atoms with van der Waals surface area (Å²) < 4.78 is 0.907. The van der Waals surface area contributed by atoms with E-state index in [-0.39, 0.29) is 11.8 Å². The van der Waals surface area contributed by atoms with E-state index in [1.165, 1.54) is 0 Å². The molecule has 0 aliphatic heterocycles. The molecule has 128 valence electrons. The van der Waals surface area contributed by atoms with Gasteiger partial charge in [-0.25, -0.2) is 0 Å². The number of phenolic OH excluding ortho intramolecular Hbond substituents is 1. The third-order valence-electron chi connectivity index (χ3n) is 4.37. The molecule has 4 rings (SSSR count). The van der Waals surface area contributed by atoms with Crippen molar-refractivity contribution in [2.75, 3.05) is 5.32 Å². The van der Waals surface area contributed by atoms with Crippen molar-refractivity contribution < 1.29 is 5.11 Å². The van der Waals surface area contributed by atoms with Crippen LogP contribution in [0.3, 0.4) is 0 Å². The number of fused-ring (bicyclic) bond motifs is 1. The second-order valence-corrected chi connectivity index (χ2v) is 6.90.